The number of fused-ring (bicyclic) bond motifs is 1. The van der Waals surface area contributed by atoms with Gasteiger partial charge in [-0.05, 0) is 48.5 Å². The number of anilines is 1. The van der Waals surface area contributed by atoms with Crippen LogP contribution in [0.2, 0.25) is 10.0 Å². The van der Waals surface area contributed by atoms with E-state index in [0.29, 0.717) is 10.6 Å². The first-order valence-corrected chi connectivity index (χ1v) is 11.7. The fourth-order valence-electron chi connectivity index (χ4n) is 2.97. The minimum Gasteiger partial charge on any atom is -0.454 e. The second-order valence-electron chi connectivity index (χ2n) is 6.91. The lowest BCUT2D eigenvalue weighted by Gasteiger charge is -2.11. The number of halogens is 2. The normalized spacial score (nSPS) is 11.3. The van der Waals surface area contributed by atoms with Crippen LogP contribution in [0.3, 0.4) is 0 Å². The number of ether oxygens (including phenoxy) is 1. The van der Waals surface area contributed by atoms with Gasteiger partial charge in [-0.3, -0.25) is 9.52 Å². The molecular formula is C23H15Cl2NO6S. The molecule has 0 amide bonds. The van der Waals surface area contributed by atoms with Gasteiger partial charge in [0, 0.05) is 10.4 Å². The van der Waals surface area contributed by atoms with Crippen molar-refractivity contribution >= 4 is 61.6 Å². The van der Waals surface area contributed by atoms with Crippen LogP contribution < -0.4 is 4.72 Å². The number of ketones is 1. The number of benzene rings is 3. The van der Waals surface area contributed by atoms with Crippen LogP contribution in [0.4, 0.5) is 5.69 Å². The summed E-state index contributed by atoms with van der Waals surface area (Å²) < 4.78 is 38.3. The fourth-order valence-corrected chi connectivity index (χ4v) is 4.48. The molecule has 1 N–H and O–H groups in total. The van der Waals surface area contributed by atoms with E-state index in [1.54, 1.807) is 24.3 Å². The Morgan fingerprint density at radius 3 is 2.52 bits per heavy atom. The Labute approximate surface area is 198 Å². The Morgan fingerprint density at radius 2 is 1.73 bits per heavy atom. The summed E-state index contributed by atoms with van der Waals surface area (Å²) in [6.07, 6.45) is 0. The largest absolute Gasteiger partial charge is 0.454 e. The minimum absolute atomic E-state index is 0.0486. The molecule has 0 aliphatic heterocycles. The molecule has 10 heteroatoms. The molecular weight excluding hydrogens is 489 g/mol. The van der Waals surface area contributed by atoms with Gasteiger partial charge in [-0.2, -0.15) is 0 Å². The SMILES string of the molecule is O=C(OCC(=O)c1cc2ccccc2o1)c1cccc(S(=O)(=O)Nc2cc(Cl)ccc2Cl)c1. The number of hydrogen-bond acceptors (Lipinski definition) is 6. The molecule has 0 saturated heterocycles. The van der Waals surface area contributed by atoms with Crippen molar-refractivity contribution in [3.8, 4) is 0 Å². The molecule has 4 rings (SSSR count). The monoisotopic (exact) mass is 503 g/mol. The number of nitrogens with one attached hydrogen (secondary N) is 1. The lowest BCUT2D eigenvalue weighted by molar-refractivity contribution is 0.0468. The summed E-state index contributed by atoms with van der Waals surface area (Å²) in [6.45, 7) is -0.563. The Balaban J connectivity index is 1.46. The predicted molar refractivity (Wildman–Crippen MR) is 125 cm³/mol. The third-order valence-electron chi connectivity index (χ3n) is 4.59. The van der Waals surface area contributed by atoms with Gasteiger partial charge < -0.3 is 9.15 Å². The summed E-state index contributed by atoms with van der Waals surface area (Å²) in [5, 5.41) is 1.20. The lowest BCUT2D eigenvalue weighted by atomic mass is 10.2. The number of rotatable bonds is 7. The standard InChI is InChI=1S/C23H15Cl2NO6S/c24-16-8-9-18(25)19(12-16)26-33(29,30)17-6-3-5-15(10-17)23(28)31-13-20(27)22-11-14-4-1-2-7-21(14)32-22/h1-12,26H,13H2. The van der Waals surface area contributed by atoms with Gasteiger partial charge in [0.25, 0.3) is 10.0 Å². The Bertz CT molecular complexity index is 1450. The van der Waals surface area contributed by atoms with Crippen molar-refractivity contribution in [2.45, 2.75) is 4.90 Å². The topological polar surface area (TPSA) is 103 Å². The van der Waals surface area contributed by atoms with Gasteiger partial charge in [-0.15, -0.1) is 0 Å². The number of carbonyl (C=O) groups excluding carboxylic acids is 2. The number of Topliss-reactive ketones (excluding diaryl/α,β-unsaturated/α-hetero) is 1. The van der Waals surface area contributed by atoms with Crippen LogP contribution in [0.5, 0.6) is 0 Å². The zero-order chi connectivity index (χ0) is 23.6. The van der Waals surface area contributed by atoms with Crippen LogP contribution in [0, 0.1) is 0 Å². The first-order chi connectivity index (χ1) is 15.7. The Morgan fingerprint density at radius 1 is 0.939 bits per heavy atom. The van der Waals surface area contributed by atoms with Crippen LogP contribution in [-0.4, -0.2) is 26.8 Å². The van der Waals surface area contributed by atoms with E-state index in [0.717, 1.165) is 11.5 Å². The molecule has 0 atom stereocenters. The highest BCUT2D eigenvalue weighted by atomic mass is 35.5. The molecule has 0 spiro atoms. The molecule has 0 unspecified atom stereocenters. The molecule has 168 valence electrons. The molecule has 3 aromatic carbocycles. The molecule has 7 nitrogen and oxygen atoms in total. The van der Waals surface area contributed by atoms with E-state index >= 15 is 0 Å². The van der Waals surface area contributed by atoms with Crippen molar-refractivity contribution in [3.05, 3.63) is 94.2 Å². The summed E-state index contributed by atoms with van der Waals surface area (Å²) in [4.78, 5) is 24.6. The van der Waals surface area contributed by atoms with E-state index in [9.17, 15) is 18.0 Å². The average molecular weight is 504 g/mol. The predicted octanol–water partition coefficient (Wildman–Crippen LogP) is 5.58. The maximum atomic E-state index is 12.7. The Hall–Kier alpha value is -3.33. The molecule has 1 aromatic heterocycles. The second kappa shape index (κ2) is 9.27. The molecule has 0 aliphatic rings. The van der Waals surface area contributed by atoms with E-state index in [1.165, 1.54) is 36.4 Å². The maximum absolute atomic E-state index is 12.7. The molecule has 1 heterocycles. The highest BCUT2D eigenvalue weighted by molar-refractivity contribution is 7.92. The van der Waals surface area contributed by atoms with E-state index in [4.69, 9.17) is 32.4 Å². The number of para-hydroxylation sites is 1. The molecule has 0 radical (unpaired) electrons. The van der Waals surface area contributed by atoms with E-state index < -0.39 is 28.4 Å². The van der Waals surface area contributed by atoms with Gasteiger partial charge in [0.2, 0.25) is 5.78 Å². The zero-order valence-corrected chi connectivity index (χ0v) is 19.1. The van der Waals surface area contributed by atoms with E-state index in [1.807, 2.05) is 6.07 Å². The van der Waals surface area contributed by atoms with Gasteiger partial charge in [0.05, 0.1) is 21.2 Å². The summed E-state index contributed by atoms with van der Waals surface area (Å²) in [7, 11) is -4.08. The van der Waals surface area contributed by atoms with Crippen LogP contribution in [0.1, 0.15) is 20.9 Å². The van der Waals surface area contributed by atoms with Gasteiger partial charge in [0.15, 0.2) is 12.4 Å². The van der Waals surface area contributed by atoms with Crippen molar-refractivity contribution in [1.82, 2.24) is 0 Å². The van der Waals surface area contributed by atoms with Gasteiger partial charge in [0.1, 0.15) is 5.58 Å². The summed E-state index contributed by atoms with van der Waals surface area (Å²) in [5.74, 6) is -1.33. The molecule has 0 aliphatic carbocycles. The third-order valence-corrected chi connectivity index (χ3v) is 6.52. The Kier molecular flexibility index (Phi) is 6.42. The molecule has 0 saturated carbocycles. The van der Waals surface area contributed by atoms with E-state index in [-0.39, 0.29) is 26.9 Å². The molecule has 0 bridgehead atoms. The number of hydrogen-bond donors (Lipinski definition) is 1. The van der Waals surface area contributed by atoms with Crippen LogP contribution in [0.15, 0.2) is 82.1 Å². The zero-order valence-electron chi connectivity index (χ0n) is 16.7. The summed E-state index contributed by atoms with van der Waals surface area (Å²) in [5.41, 5.74) is 0.582. The van der Waals surface area contributed by atoms with Gasteiger partial charge >= 0.3 is 5.97 Å². The molecule has 4 aromatic rings. The van der Waals surface area contributed by atoms with E-state index in [2.05, 4.69) is 4.72 Å². The van der Waals surface area contributed by atoms with Crippen molar-refractivity contribution in [2.75, 3.05) is 11.3 Å². The second-order valence-corrected chi connectivity index (χ2v) is 9.43. The number of esters is 1. The van der Waals surface area contributed by atoms with Crippen molar-refractivity contribution in [2.24, 2.45) is 0 Å². The minimum atomic E-state index is -4.08. The van der Waals surface area contributed by atoms with Crippen LogP contribution >= 0.6 is 23.2 Å². The van der Waals surface area contributed by atoms with Crippen LogP contribution in [-0.2, 0) is 14.8 Å². The van der Waals surface area contributed by atoms with Crippen molar-refractivity contribution in [1.29, 1.82) is 0 Å². The van der Waals surface area contributed by atoms with Crippen LogP contribution in [0.25, 0.3) is 11.0 Å². The fraction of sp³-hybridized carbons (Fsp3) is 0.0435. The average Bonchev–Trinajstić information content (AvgIpc) is 3.24. The van der Waals surface area contributed by atoms with Gasteiger partial charge in [-0.1, -0.05) is 47.5 Å². The third kappa shape index (κ3) is 5.19. The maximum Gasteiger partial charge on any atom is 0.338 e. The molecule has 0 fully saturated rings. The summed E-state index contributed by atoms with van der Waals surface area (Å²) in [6, 6.07) is 18.2. The highest BCUT2D eigenvalue weighted by Crippen LogP contribution is 2.28. The van der Waals surface area contributed by atoms with Crippen molar-refractivity contribution in [3.63, 3.8) is 0 Å². The molecule has 33 heavy (non-hydrogen) atoms. The lowest BCUT2D eigenvalue weighted by Crippen LogP contribution is -2.16. The number of carbonyl (C=O) groups is 2. The quantitative estimate of drug-likeness (QED) is 0.260. The number of furan rings is 1. The van der Waals surface area contributed by atoms with Gasteiger partial charge in [-0.25, -0.2) is 13.2 Å². The highest BCUT2D eigenvalue weighted by Gasteiger charge is 2.20. The van der Waals surface area contributed by atoms with Crippen molar-refractivity contribution < 1.29 is 27.2 Å². The number of sulfonamides is 1. The summed E-state index contributed by atoms with van der Waals surface area (Å²) >= 11 is 11.9. The first kappa shape index (κ1) is 22.8. The smallest absolute Gasteiger partial charge is 0.338 e. The first-order valence-electron chi connectivity index (χ1n) is 9.50.